The highest BCUT2D eigenvalue weighted by atomic mass is 15.1. The Labute approximate surface area is 181 Å². The van der Waals surface area contributed by atoms with Crippen LogP contribution in [0.1, 0.15) is 41.7 Å². The molecule has 0 N–H and O–H groups in total. The molecule has 152 valence electrons. The van der Waals surface area contributed by atoms with Crippen molar-refractivity contribution in [3.8, 4) is 0 Å². The SMILES string of the molecule is Cc1ccc(C(C)(C)c2ccc(CN(C)Cc3cccc4ccccc34)cc2)cc1. The second-order valence-electron chi connectivity index (χ2n) is 9.00. The van der Waals surface area contributed by atoms with Crippen LogP contribution in [-0.4, -0.2) is 11.9 Å². The first-order valence-corrected chi connectivity index (χ1v) is 10.8. The number of fused-ring (bicyclic) bond motifs is 1. The first-order chi connectivity index (χ1) is 14.4. The minimum Gasteiger partial charge on any atom is -0.298 e. The van der Waals surface area contributed by atoms with Gasteiger partial charge in [-0.1, -0.05) is 110 Å². The number of rotatable bonds is 6. The van der Waals surface area contributed by atoms with Gasteiger partial charge >= 0.3 is 0 Å². The van der Waals surface area contributed by atoms with Crippen LogP contribution in [0.3, 0.4) is 0 Å². The molecule has 1 heteroatoms. The van der Waals surface area contributed by atoms with Gasteiger partial charge in [-0.05, 0) is 47.0 Å². The van der Waals surface area contributed by atoms with Crippen LogP contribution in [0.25, 0.3) is 10.8 Å². The fourth-order valence-electron chi connectivity index (χ4n) is 4.25. The molecule has 30 heavy (non-hydrogen) atoms. The number of nitrogens with zero attached hydrogens (tertiary/aromatic N) is 1. The third kappa shape index (κ3) is 4.32. The molecule has 4 aromatic rings. The van der Waals surface area contributed by atoms with E-state index < -0.39 is 0 Å². The van der Waals surface area contributed by atoms with E-state index in [0.717, 1.165) is 13.1 Å². The van der Waals surface area contributed by atoms with E-state index in [1.807, 2.05) is 0 Å². The van der Waals surface area contributed by atoms with Crippen molar-refractivity contribution in [3.05, 3.63) is 119 Å². The van der Waals surface area contributed by atoms with Crippen molar-refractivity contribution < 1.29 is 0 Å². The molecular formula is C29H31N. The summed E-state index contributed by atoms with van der Waals surface area (Å²) >= 11 is 0. The van der Waals surface area contributed by atoms with E-state index in [0.29, 0.717) is 0 Å². The van der Waals surface area contributed by atoms with Gasteiger partial charge in [0.1, 0.15) is 0 Å². The largest absolute Gasteiger partial charge is 0.298 e. The molecule has 4 rings (SSSR count). The summed E-state index contributed by atoms with van der Waals surface area (Å²) in [4.78, 5) is 2.39. The molecule has 0 spiro atoms. The van der Waals surface area contributed by atoms with Crippen molar-refractivity contribution in [2.45, 2.75) is 39.3 Å². The van der Waals surface area contributed by atoms with Gasteiger partial charge < -0.3 is 0 Å². The lowest BCUT2D eigenvalue weighted by Gasteiger charge is -2.27. The predicted molar refractivity (Wildman–Crippen MR) is 129 cm³/mol. The fraction of sp³-hybridized carbons (Fsp3) is 0.241. The van der Waals surface area contributed by atoms with Gasteiger partial charge in [0.15, 0.2) is 0 Å². The second-order valence-corrected chi connectivity index (χ2v) is 9.00. The highest BCUT2D eigenvalue weighted by Crippen LogP contribution is 2.32. The third-order valence-electron chi connectivity index (χ3n) is 6.22. The summed E-state index contributed by atoms with van der Waals surface area (Å²) in [7, 11) is 2.20. The molecule has 0 saturated heterocycles. The summed E-state index contributed by atoms with van der Waals surface area (Å²) in [6, 6.07) is 33.3. The Kier molecular flexibility index (Phi) is 5.74. The zero-order valence-corrected chi connectivity index (χ0v) is 18.5. The summed E-state index contributed by atoms with van der Waals surface area (Å²) in [5.41, 5.74) is 6.75. The van der Waals surface area contributed by atoms with Crippen molar-refractivity contribution in [1.29, 1.82) is 0 Å². The maximum atomic E-state index is 2.39. The van der Waals surface area contributed by atoms with Crippen LogP contribution in [-0.2, 0) is 18.5 Å². The molecule has 0 aliphatic rings. The van der Waals surface area contributed by atoms with Gasteiger partial charge in [-0.3, -0.25) is 4.90 Å². The molecule has 0 atom stereocenters. The Morgan fingerprint density at radius 2 is 1.27 bits per heavy atom. The van der Waals surface area contributed by atoms with Crippen molar-refractivity contribution in [2.24, 2.45) is 0 Å². The van der Waals surface area contributed by atoms with E-state index in [4.69, 9.17) is 0 Å². The van der Waals surface area contributed by atoms with E-state index >= 15 is 0 Å². The average molecular weight is 394 g/mol. The lowest BCUT2D eigenvalue weighted by Crippen LogP contribution is -2.20. The van der Waals surface area contributed by atoms with Crippen molar-refractivity contribution >= 4 is 10.8 Å². The van der Waals surface area contributed by atoms with Crippen molar-refractivity contribution in [2.75, 3.05) is 7.05 Å². The second kappa shape index (κ2) is 8.45. The van der Waals surface area contributed by atoms with Crippen molar-refractivity contribution in [1.82, 2.24) is 4.90 Å². The topological polar surface area (TPSA) is 3.24 Å². The Morgan fingerprint density at radius 1 is 0.667 bits per heavy atom. The van der Waals surface area contributed by atoms with Gasteiger partial charge in [-0.2, -0.15) is 0 Å². The van der Waals surface area contributed by atoms with Gasteiger partial charge in [0.2, 0.25) is 0 Å². The quantitative estimate of drug-likeness (QED) is 0.337. The lowest BCUT2D eigenvalue weighted by molar-refractivity contribution is 0.320. The molecule has 0 unspecified atom stereocenters. The van der Waals surface area contributed by atoms with Gasteiger partial charge in [-0.25, -0.2) is 0 Å². The maximum absolute atomic E-state index is 2.39. The van der Waals surface area contributed by atoms with Gasteiger partial charge in [-0.15, -0.1) is 0 Å². The zero-order chi connectivity index (χ0) is 21.1. The molecule has 0 aromatic heterocycles. The highest BCUT2D eigenvalue weighted by Gasteiger charge is 2.22. The Morgan fingerprint density at radius 3 is 1.97 bits per heavy atom. The molecule has 1 nitrogen and oxygen atoms in total. The van der Waals surface area contributed by atoms with E-state index in [-0.39, 0.29) is 5.41 Å². The van der Waals surface area contributed by atoms with Crippen LogP contribution in [0, 0.1) is 6.92 Å². The Hall–Kier alpha value is -2.90. The Bertz CT molecular complexity index is 1120. The average Bonchev–Trinajstić information content (AvgIpc) is 2.75. The summed E-state index contributed by atoms with van der Waals surface area (Å²) in [6.45, 7) is 8.63. The molecule has 4 aromatic carbocycles. The normalized spacial score (nSPS) is 11.9. The molecule has 0 aliphatic carbocycles. The van der Waals surface area contributed by atoms with Gasteiger partial charge in [0, 0.05) is 18.5 Å². The summed E-state index contributed by atoms with van der Waals surface area (Å²) in [5.74, 6) is 0. The smallest absolute Gasteiger partial charge is 0.0240 e. The molecular weight excluding hydrogens is 362 g/mol. The van der Waals surface area contributed by atoms with E-state index in [1.54, 1.807) is 0 Å². The van der Waals surface area contributed by atoms with Crippen molar-refractivity contribution in [3.63, 3.8) is 0 Å². The summed E-state index contributed by atoms with van der Waals surface area (Å²) in [5, 5.41) is 2.66. The van der Waals surface area contributed by atoms with E-state index in [2.05, 4.69) is 124 Å². The van der Waals surface area contributed by atoms with Gasteiger partial charge in [0.25, 0.3) is 0 Å². The maximum Gasteiger partial charge on any atom is 0.0240 e. The highest BCUT2D eigenvalue weighted by molar-refractivity contribution is 5.85. The predicted octanol–water partition coefficient (Wildman–Crippen LogP) is 7.11. The fourth-order valence-corrected chi connectivity index (χ4v) is 4.25. The zero-order valence-electron chi connectivity index (χ0n) is 18.5. The minimum absolute atomic E-state index is 0.00108. The number of hydrogen-bond acceptors (Lipinski definition) is 1. The monoisotopic (exact) mass is 393 g/mol. The minimum atomic E-state index is 0.00108. The molecule has 0 aliphatic heterocycles. The number of aryl methyl sites for hydroxylation is 1. The standard InChI is InChI=1S/C29H31N/c1-22-12-16-26(17-13-22)29(2,3)27-18-14-23(15-19-27)20-30(4)21-25-10-7-9-24-8-5-6-11-28(24)25/h5-19H,20-21H2,1-4H3. The van der Waals surface area contributed by atoms with Crippen LogP contribution in [0.2, 0.25) is 0 Å². The third-order valence-corrected chi connectivity index (χ3v) is 6.22. The first-order valence-electron chi connectivity index (χ1n) is 10.8. The van der Waals surface area contributed by atoms with Crippen LogP contribution in [0.15, 0.2) is 91.0 Å². The van der Waals surface area contributed by atoms with Crippen LogP contribution in [0.5, 0.6) is 0 Å². The van der Waals surface area contributed by atoms with Crippen LogP contribution >= 0.6 is 0 Å². The van der Waals surface area contributed by atoms with Crippen LogP contribution in [0.4, 0.5) is 0 Å². The summed E-state index contributed by atoms with van der Waals surface area (Å²) in [6.07, 6.45) is 0. The van der Waals surface area contributed by atoms with Gasteiger partial charge in [0.05, 0.1) is 0 Å². The number of hydrogen-bond donors (Lipinski definition) is 0. The molecule has 0 heterocycles. The number of benzene rings is 4. The lowest BCUT2D eigenvalue weighted by atomic mass is 9.78. The molecule has 0 fully saturated rings. The van der Waals surface area contributed by atoms with E-state index in [9.17, 15) is 0 Å². The summed E-state index contributed by atoms with van der Waals surface area (Å²) < 4.78 is 0. The van der Waals surface area contributed by atoms with Crippen LogP contribution < -0.4 is 0 Å². The molecule has 0 radical (unpaired) electrons. The first kappa shape index (κ1) is 20.4. The molecule has 0 amide bonds. The van der Waals surface area contributed by atoms with E-state index in [1.165, 1.54) is 38.6 Å². The molecule has 0 saturated carbocycles. The Balaban J connectivity index is 1.47. The molecule has 0 bridgehead atoms.